The molecule has 1 N–H and O–H groups in total. The zero-order chi connectivity index (χ0) is 21.0. The number of nitrogens with zero attached hydrogens (tertiary/aromatic N) is 2. The minimum Gasteiger partial charge on any atom is -0.289 e. The van der Waals surface area contributed by atoms with Gasteiger partial charge in [0.2, 0.25) is 10.0 Å². The fourth-order valence-electron chi connectivity index (χ4n) is 3.24. The molecular weight excluding hydrogens is 414 g/mol. The molecule has 29 heavy (non-hydrogen) atoms. The van der Waals surface area contributed by atoms with Crippen molar-refractivity contribution in [1.82, 2.24) is 13.9 Å². The van der Waals surface area contributed by atoms with Gasteiger partial charge in [0, 0.05) is 17.6 Å². The Kier molecular flexibility index (Phi) is 4.68. The molecule has 7 nitrogen and oxygen atoms in total. The van der Waals surface area contributed by atoms with Gasteiger partial charge in [-0.1, -0.05) is 23.7 Å². The molecule has 0 amide bonds. The van der Waals surface area contributed by atoms with Crippen LogP contribution in [0, 0.1) is 0 Å². The molecule has 1 fully saturated rings. The van der Waals surface area contributed by atoms with Crippen molar-refractivity contribution in [2.75, 3.05) is 0 Å². The molecule has 1 aromatic heterocycles. The summed E-state index contributed by atoms with van der Waals surface area (Å²) in [5.41, 5.74) is -0.226. The van der Waals surface area contributed by atoms with Crippen LogP contribution in [0.15, 0.2) is 56.9 Å². The minimum atomic E-state index is -3.76. The van der Waals surface area contributed by atoms with Crippen molar-refractivity contribution in [3.63, 3.8) is 0 Å². The number of aromatic nitrogens is 2. The molecule has 1 saturated carbocycles. The summed E-state index contributed by atoms with van der Waals surface area (Å²) in [6.07, 6.45) is 1.56. The van der Waals surface area contributed by atoms with Crippen LogP contribution in [0.3, 0.4) is 0 Å². The Morgan fingerprint density at radius 3 is 2.38 bits per heavy atom. The summed E-state index contributed by atoms with van der Waals surface area (Å²) in [5.74, 6) is 0. The number of rotatable bonds is 5. The van der Waals surface area contributed by atoms with Gasteiger partial charge >= 0.3 is 5.69 Å². The maximum Gasteiger partial charge on any atom is 0.331 e. The second-order valence-electron chi connectivity index (χ2n) is 7.70. The molecule has 0 bridgehead atoms. The maximum atomic E-state index is 12.7. The maximum absolute atomic E-state index is 12.7. The van der Waals surface area contributed by atoms with E-state index in [-0.39, 0.29) is 16.8 Å². The van der Waals surface area contributed by atoms with Gasteiger partial charge in [-0.3, -0.25) is 13.9 Å². The first-order valence-electron chi connectivity index (χ1n) is 9.12. The fraction of sp³-hybridized carbons (Fsp3) is 0.300. The molecule has 0 radical (unpaired) electrons. The molecule has 0 unspecified atom stereocenters. The molecule has 0 spiro atoms. The van der Waals surface area contributed by atoms with Crippen LogP contribution in [0.5, 0.6) is 0 Å². The number of nitrogens with one attached hydrogen (secondary N) is 1. The Labute approximate surface area is 172 Å². The smallest absolute Gasteiger partial charge is 0.289 e. The van der Waals surface area contributed by atoms with E-state index in [4.69, 9.17) is 11.6 Å². The van der Waals surface area contributed by atoms with Crippen LogP contribution in [-0.4, -0.2) is 23.1 Å². The van der Waals surface area contributed by atoms with Crippen molar-refractivity contribution >= 4 is 32.5 Å². The number of benzene rings is 2. The van der Waals surface area contributed by atoms with Gasteiger partial charge in [-0.2, -0.15) is 0 Å². The van der Waals surface area contributed by atoms with E-state index in [1.165, 1.54) is 29.8 Å². The van der Waals surface area contributed by atoms with E-state index >= 15 is 0 Å². The fourth-order valence-corrected chi connectivity index (χ4v) is 4.86. The van der Waals surface area contributed by atoms with Crippen LogP contribution >= 0.6 is 11.6 Å². The molecule has 0 saturated heterocycles. The van der Waals surface area contributed by atoms with Crippen LogP contribution in [0.4, 0.5) is 0 Å². The van der Waals surface area contributed by atoms with E-state index in [1.807, 2.05) is 6.92 Å². The highest BCUT2D eigenvalue weighted by Crippen LogP contribution is 2.36. The van der Waals surface area contributed by atoms with Crippen LogP contribution in [-0.2, 0) is 23.6 Å². The second-order valence-corrected chi connectivity index (χ2v) is 9.82. The Hall–Kier alpha value is -2.42. The second kappa shape index (κ2) is 6.83. The van der Waals surface area contributed by atoms with Crippen LogP contribution in [0.1, 0.15) is 25.3 Å². The summed E-state index contributed by atoms with van der Waals surface area (Å²) in [6.45, 7) is 2.07. The zero-order valence-electron chi connectivity index (χ0n) is 16.0. The topological polar surface area (TPSA) is 90.2 Å². The molecule has 0 aliphatic heterocycles. The van der Waals surface area contributed by atoms with Crippen molar-refractivity contribution in [3.8, 4) is 0 Å². The van der Waals surface area contributed by atoms with Crippen LogP contribution in [0.2, 0.25) is 5.02 Å². The lowest BCUT2D eigenvalue weighted by molar-refractivity contribution is 0.558. The number of sulfonamides is 1. The predicted octanol–water partition coefficient (Wildman–Crippen LogP) is 2.23. The summed E-state index contributed by atoms with van der Waals surface area (Å²) >= 11 is 5.92. The third-order valence-corrected chi connectivity index (χ3v) is 7.14. The molecule has 4 rings (SSSR count). The van der Waals surface area contributed by atoms with Crippen molar-refractivity contribution in [3.05, 3.63) is 73.9 Å². The predicted molar refractivity (Wildman–Crippen MR) is 112 cm³/mol. The first-order valence-corrected chi connectivity index (χ1v) is 11.0. The SMILES string of the molecule is Cn1c(=O)c2cc(S(=O)(=O)NC3(C)CC3)ccc2n(Cc2ccc(Cl)cc2)c1=O. The third kappa shape index (κ3) is 3.75. The van der Waals surface area contributed by atoms with Gasteiger partial charge in [-0.05, 0) is 55.7 Å². The molecule has 1 aliphatic rings. The van der Waals surface area contributed by atoms with Gasteiger partial charge in [0.15, 0.2) is 0 Å². The van der Waals surface area contributed by atoms with E-state index < -0.39 is 26.8 Å². The highest BCUT2D eigenvalue weighted by molar-refractivity contribution is 7.89. The van der Waals surface area contributed by atoms with Gasteiger partial charge in [0.25, 0.3) is 5.56 Å². The first-order chi connectivity index (χ1) is 13.6. The van der Waals surface area contributed by atoms with Crippen LogP contribution in [0.25, 0.3) is 10.9 Å². The number of fused-ring (bicyclic) bond motifs is 1. The Morgan fingerprint density at radius 2 is 1.76 bits per heavy atom. The monoisotopic (exact) mass is 433 g/mol. The summed E-state index contributed by atoms with van der Waals surface area (Å²) in [6, 6.07) is 11.3. The lowest BCUT2D eigenvalue weighted by Crippen LogP contribution is -2.38. The van der Waals surface area contributed by atoms with E-state index in [9.17, 15) is 18.0 Å². The summed E-state index contributed by atoms with van der Waals surface area (Å²) in [7, 11) is -2.38. The van der Waals surface area contributed by atoms with E-state index in [2.05, 4.69) is 4.72 Å². The zero-order valence-corrected chi connectivity index (χ0v) is 17.5. The van der Waals surface area contributed by atoms with Gasteiger partial charge < -0.3 is 0 Å². The molecular formula is C20H20ClN3O4S. The van der Waals surface area contributed by atoms with Crippen molar-refractivity contribution < 1.29 is 8.42 Å². The van der Waals surface area contributed by atoms with Gasteiger partial charge in [0.05, 0.1) is 22.3 Å². The average Bonchev–Trinajstić information content (AvgIpc) is 3.40. The molecule has 152 valence electrons. The quantitative estimate of drug-likeness (QED) is 0.668. The standard InChI is InChI=1S/C20H20ClN3O4S/c1-20(9-10-20)22-29(27,28)15-7-8-17-16(11-15)18(25)23(2)19(26)24(17)12-13-3-5-14(21)6-4-13/h3-8,11,22H,9-10,12H2,1-2H3. The number of hydrogen-bond acceptors (Lipinski definition) is 4. The average molecular weight is 434 g/mol. The van der Waals surface area contributed by atoms with E-state index in [1.54, 1.807) is 24.3 Å². The molecule has 1 aliphatic carbocycles. The van der Waals surface area contributed by atoms with Gasteiger partial charge in [-0.25, -0.2) is 17.9 Å². The lowest BCUT2D eigenvalue weighted by Gasteiger charge is -2.15. The Morgan fingerprint density at radius 1 is 1.10 bits per heavy atom. The van der Waals surface area contributed by atoms with E-state index in [0.717, 1.165) is 23.0 Å². The largest absolute Gasteiger partial charge is 0.331 e. The highest BCUT2D eigenvalue weighted by Gasteiger charge is 2.41. The van der Waals surface area contributed by atoms with Crippen molar-refractivity contribution in [2.24, 2.45) is 7.05 Å². The highest BCUT2D eigenvalue weighted by atomic mass is 35.5. The van der Waals surface area contributed by atoms with Crippen molar-refractivity contribution in [2.45, 2.75) is 36.7 Å². The molecule has 0 atom stereocenters. The molecule has 1 heterocycles. The molecule has 2 aromatic carbocycles. The summed E-state index contributed by atoms with van der Waals surface area (Å²) < 4.78 is 30.5. The first kappa shape index (κ1) is 19.9. The number of halogens is 1. The number of hydrogen-bond donors (Lipinski definition) is 1. The third-order valence-electron chi connectivity index (χ3n) is 5.26. The Bertz CT molecular complexity index is 1340. The lowest BCUT2D eigenvalue weighted by atomic mass is 10.2. The van der Waals surface area contributed by atoms with Gasteiger partial charge in [0.1, 0.15) is 0 Å². The van der Waals surface area contributed by atoms with Crippen molar-refractivity contribution in [1.29, 1.82) is 0 Å². The summed E-state index contributed by atoms with van der Waals surface area (Å²) in [5, 5.41) is 0.753. The normalized spacial score (nSPS) is 15.6. The van der Waals surface area contributed by atoms with Crippen LogP contribution < -0.4 is 16.0 Å². The summed E-state index contributed by atoms with van der Waals surface area (Å²) in [4.78, 5) is 25.4. The van der Waals surface area contributed by atoms with Gasteiger partial charge in [-0.15, -0.1) is 0 Å². The Balaban J connectivity index is 1.86. The van der Waals surface area contributed by atoms with E-state index in [0.29, 0.717) is 10.5 Å². The minimum absolute atomic E-state index is 0.00640. The molecule has 9 heteroatoms. The molecule has 3 aromatic rings.